The summed E-state index contributed by atoms with van der Waals surface area (Å²) in [5.74, 6) is 0.920. The number of ether oxygens (including phenoxy) is 2. The topological polar surface area (TPSA) is 60.6 Å². The van der Waals surface area contributed by atoms with Crippen LogP contribution in [0.4, 0.5) is 5.69 Å². The molecule has 0 atom stereocenters. The lowest BCUT2D eigenvalue weighted by Crippen LogP contribution is -2.20. The predicted molar refractivity (Wildman–Crippen MR) is 83.2 cm³/mol. The van der Waals surface area contributed by atoms with Crippen LogP contribution in [0.5, 0.6) is 5.75 Å². The van der Waals surface area contributed by atoms with Gasteiger partial charge >= 0.3 is 0 Å². The first-order valence-corrected chi connectivity index (χ1v) is 7.71. The summed E-state index contributed by atoms with van der Waals surface area (Å²) in [6, 6.07) is 3.91. The van der Waals surface area contributed by atoms with E-state index in [2.05, 4.69) is 16.9 Å². The van der Waals surface area contributed by atoms with Crippen LogP contribution < -0.4 is 10.5 Å². The van der Waals surface area contributed by atoms with Gasteiger partial charge in [0.15, 0.2) is 6.79 Å². The summed E-state index contributed by atoms with van der Waals surface area (Å²) in [5.41, 5.74) is 11.9. The van der Waals surface area contributed by atoms with E-state index in [9.17, 15) is 0 Å². The molecule has 0 saturated heterocycles. The Morgan fingerprint density at radius 1 is 1.38 bits per heavy atom. The normalized spacial score (nSPS) is 14.0. The third-order valence-electron chi connectivity index (χ3n) is 3.51. The predicted octanol–water partition coefficient (Wildman–Crippen LogP) is 2.53. The molecule has 0 spiro atoms. The smallest absolute Gasteiger partial charge is 0.189 e. The molecule has 0 fully saturated rings. The van der Waals surface area contributed by atoms with Gasteiger partial charge in [0.2, 0.25) is 0 Å². The Hall–Kier alpha value is -1.63. The molecule has 0 unspecified atom stereocenters. The van der Waals surface area contributed by atoms with Crippen molar-refractivity contribution in [1.29, 1.82) is 0 Å². The summed E-state index contributed by atoms with van der Waals surface area (Å²) in [6.07, 6.45) is 0. The summed E-state index contributed by atoms with van der Waals surface area (Å²) in [6.45, 7) is 4.57. The minimum Gasteiger partial charge on any atom is -0.467 e. The molecular formula is C15H19N3O2S. The average Bonchev–Trinajstić information content (AvgIpc) is 2.84. The van der Waals surface area contributed by atoms with E-state index in [1.165, 1.54) is 4.88 Å². The van der Waals surface area contributed by atoms with Gasteiger partial charge in [0.05, 0.1) is 17.8 Å². The zero-order valence-electron chi connectivity index (χ0n) is 12.3. The molecule has 0 saturated carbocycles. The van der Waals surface area contributed by atoms with Crippen molar-refractivity contribution in [2.45, 2.75) is 26.6 Å². The lowest BCUT2D eigenvalue weighted by molar-refractivity contribution is -0.0173. The zero-order chi connectivity index (χ0) is 14.8. The second-order valence-corrected chi connectivity index (χ2v) is 6.25. The molecule has 2 heterocycles. The average molecular weight is 305 g/mol. The molecule has 0 amide bonds. The van der Waals surface area contributed by atoms with Crippen molar-refractivity contribution in [3.05, 3.63) is 39.3 Å². The highest BCUT2D eigenvalue weighted by atomic mass is 32.1. The third kappa shape index (κ3) is 3.18. The molecule has 2 aromatic rings. The van der Waals surface area contributed by atoms with Crippen LogP contribution in [-0.4, -0.2) is 23.7 Å². The molecule has 1 aliphatic heterocycles. The van der Waals surface area contributed by atoms with Crippen molar-refractivity contribution in [1.82, 2.24) is 9.88 Å². The van der Waals surface area contributed by atoms with Crippen molar-refractivity contribution >= 4 is 17.0 Å². The molecule has 112 valence electrons. The van der Waals surface area contributed by atoms with Gasteiger partial charge in [0.1, 0.15) is 5.75 Å². The number of nitrogens with two attached hydrogens (primary N) is 1. The van der Waals surface area contributed by atoms with Gasteiger partial charge in [-0.25, -0.2) is 4.98 Å². The Morgan fingerprint density at radius 2 is 2.24 bits per heavy atom. The van der Waals surface area contributed by atoms with E-state index < -0.39 is 0 Å². The number of fused-ring (bicyclic) bond motifs is 1. The SMILES string of the molecule is Cc1ncsc1CN(C)Cc1cc(N)cc2c1OCOC2. The highest BCUT2D eigenvalue weighted by molar-refractivity contribution is 7.09. The Labute approximate surface area is 128 Å². The van der Waals surface area contributed by atoms with Crippen LogP contribution in [-0.2, 0) is 24.4 Å². The van der Waals surface area contributed by atoms with Crippen LogP contribution in [0.1, 0.15) is 21.7 Å². The molecule has 1 aliphatic rings. The summed E-state index contributed by atoms with van der Waals surface area (Å²) < 4.78 is 11.0. The minimum absolute atomic E-state index is 0.307. The van der Waals surface area contributed by atoms with Crippen LogP contribution in [0, 0.1) is 6.92 Å². The van der Waals surface area contributed by atoms with Gasteiger partial charge in [-0.1, -0.05) is 0 Å². The standard InChI is InChI=1S/C15H19N3O2S/c1-10-14(21-8-17-10)6-18(2)5-11-3-13(16)4-12-7-19-9-20-15(11)12/h3-4,8H,5-7,9,16H2,1-2H3. The lowest BCUT2D eigenvalue weighted by atomic mass is 10.1. The first-order valence-electron chi connectivity index (χ1n) is 6.83. The van der Waals surface area contributed by atoms with Crippen molar-refractivity contribution in [3.8, 4) is 5.75 Å². The summed E-state index contributed by atoms with van der Waals surface area (Å²) >= 11 is 1.69. The van der Waals surface area contributed by atoms with Crippen molar-refractivity contribution in [2.24, 2.45) is 0 Å². The summed E-state index contributed by atoms with van der Waals surface area (Å²) in [4.78, 5) is 7.83. The van der Waals surface area contributed by atoms with E-state index in [1.807, 2.05) is 24.6 Å². The summed E-state index contributed by atoms with van der Waals surface area (Å²) in [7, 11) is 2.09. The van der Waals surface area contributed by atoms with E-state index in [0.29, 0.717) is 13.4 Å². The molecule has 1 aromatic carbocycles. The maximum atomic E-state index is 5.98. The Balaban J connectivity index is 1.78. The van der Waals surface area contributed by atoms with Gasteiger partial charge in [0.25, 0.3) is 0 Å². The van der Waals surface area contributed by atoms with Gasteiger partial charge in [-0.05, 0) is 26.1 Å². The number of rotatable bonds is 4. The largest absolute Gasteiger partial charge is 0.467 e. The van der Waals surface area contributed by atoms with Crippen LogP contribution >= 0.6 is 11.3 Å². The first kappa shape index (κ1) is 14.3. The van der Waals surface area contributed by atoms with Gasteiger partial charge in [-0.3, -0.25) is 4.90 Å². The Bertz CT molecular complexity index is 642. The third-order valence-corrected chi connectivity index (χ3v) is 4.43. The molecule has 6 heteroatoms. The molecule has 5 nitrogen and oxygen atoms in total. The molecule has 3 rings (SSSR count). The van der Waals surface area contributed by atoms with Crippen molar-refractivity contribution in [3.63, 3.8) is 0 Å². The maximum Gasteiger partial charge on any atom is 0.189 e. The number of aromatic nitrogens is 1. The van der Waals surface area contributed by atoms with Gasteiger partial charge < -0.3 is 15.2 Å². The van der Waals surface area contributed by atoms with Gasteiger partial charge in [-0.15, -0.1) is 11.3 Å². The number of nitrogens with zero attached hydrogens (tertiary/aromatic N) is 2. The van der Waals surface area contributed by atoms with Crippen LogP contribution in [0.2, 0.25) is 0 Å². The van der Waals surface area contributed by atoms with E-state index in [1.54, 1.807) is 11.3 Å². The molecule has 21 heavy (non-hydrogen) atoms. The Morgan fingerprint density at radius 3 is 3.00 bits per heavy atom. The highest BCUT2D eigenvalue weighted by Crippen LogP contribution is 2.31. The number of anilines is 1. The number of hydrogen-bond acceptors (Lipinski definition) is 6. The monoisotopic (exact) mass is 305 g/mol. The second-order valence-electron chi connectivity index (χ2n) is 5.31. The fraction of sp³-hybridized carbons (Fsp3) is 0.400. The first-order chi connectivity index (χ1) is 10.1. The van der Waals surface area contributed by atoms with Crippen LogP contribution in [0.25, 0.3) is 0 Å². The molecular weight excluding hydrogens is 286 g/mol. The molecule has 1 aromatic heterocycles. The van der Waals surface area contributed by atoms with Crippen LogP contribution in [0.3, 0.4) is 0 Å². The van der Waals surface area contributed by atoms with Gasteiger partial charge in [-0.2, -0.15) is 0 Å². The quantitative estimate of drug-likeness (QED) is 0.880. The molecule has 2 N–H and O–H groups in total. The number of nitrogen functional groups attached to an aromatic ring is 1. The molecule has 0 bridgehead atoms. The maximum absolute atomic E-state index is 5.98. The van der Waals surface area contributed by atoms with E-state index >= 15 is 0 Å². The Kier molecular flexibility index (Phi) is 4.10. The second kappa shape index (κ2) is 6.01. The lowest BCUT2D eigenvalue weighted by Gasteiger charge is -2.24. The fourth-order valence-corrected chi connectivity index (χ4v) is 3.37. The summed E-state index contributed by atoms with van der Waals surface area (Å²) in [5, 5.41) is 0. The highest BCUT2D eigenvalue weighted by Gasteiger charge is 2.17. The van der Waals surface area contributed by atoms with E-state index in [0.717, 1.165) is 41.3 Å². The number of aryl methyl sites for hydroxylation is 1. The number of benzene rings is 1. The van der Waals surface area contributed by atoms with E-state index in [-0.39, 0.29) is 0 Å². The number of thiazole rings is 1. The van der Waals surface area contributed by atoms with E-state index in [4.69, 9.17) is 15.2 Å². The van der Waals surface area contributed by atoms with Crippen molar-refractivity contribution in [2.75, 3.05) is 19.6 Å². The van der Waals surface area contributed by atoms with Crippen LogP contribution in [0.15, 0.2) is 17.6 Å². The molecule has 0 radical (unpaired) electrons. The van der Waals surface area contributed by atoms with Crippen molar-refractivity contribution < 1.29 is 9.47 Å². The molecule has 0 aliphatic carbocycles. The van der Waals surface area contributed by atoms with Gasteiger partial charge in [0, 0.05) is 34.8 Å². The zero-order valence-corrected chi connectivity index (χ0v) is 13.1. The fourth-order valence-electron chi connectivity index (χ4n) is 2.51. The minimum atomic E-state index is 0.307. The number of hydrogen-bond donors (Lipinski definition) is 1.